The van der Waals surface area contributed by atoms with Gasteiger partial charge in [-0.15, -0.1) is 0 Å². The minimum absolute atomic E-state index is 0.235. The number of ether oxygens (including phenoxy) is 1. The minimum atomic E-state index is -0.582. The molecule has 112 valence electrons. The third-order valence-corrected chi connectivity index (χ3v) is 3.72. The van der Waals surface area contributed by atoms with Gasteiger partial charge in [-0.05, 0) is 62.1 Å². The summed E-state index contributed by atoms with van der Waals surface area (Å²) in [5.41, 5.74) is 10.2. The Morgan fingerprint density at radius 1 is 1.14 bits per heavy atom. The molecule has 0 saturated heterocycles. The Morgan fingerprint density at radius 3 is 2.33 bits per heavy atom. The van der Waals surface area contributed by atoms with Gasteiger partial charge in [-0.3, -0.25) is 0 Å². The Hall–Kier alpha value is -1.87. The molecule has 2 nitrogen and oxygen atoms in total. The van der Waals surface area contributed by atoms with E-state index >= 15 is 0 Å². The van der Waals surface area contributed by atoms with Crippen LogP contribution in [0.2, 0.25) is 0 Å². The van der Waals surface area contributed by atoms with Crippen molar-refractivity contribution in [3.63, 3.8) is 0 Å². The summed E-state index contributed by atoms with van der Waals surface area (Å²) in [6, 6.07) is 10.6. The fourth-order valence-corrected chi connectivity index (χ4v) is 2.94. The number of rotatable bonds is 4. The van der Waals surface area contributed by atoms with E-state index in [-0.39, 0.29) is 5.82 Å². The van der Waals surface area contributed by atoms with Crippen LogP contribution in [0.1, 0.15) is 29.2 Å². The lowest BCUT2D eigenvalue weighted by Crippen LogP contribution is -2.36. The molecule has 2 aromatic carbocycles. The molecule has 2 N–H and O–H groups in total. The first kappa shape index (κ1) is 15.5. The maximum absolute atomic E-state index is 13.0. The zero-order valence-electron chi connectivity index (χ0n) is 13.0. The van der Waals surface area contributed by atoms with Gasteiger partial charge in [0.05, 0.1) is 7.11 Å². The zero-order valence-corrected chi connectivity index (χ0v) is 13.0. The Kier molecular flexibility index (Phi) is 4.33. The van der Waals surface area contributed by atoms with E-state index in [2.05, 4.69) is 6.07 Å². The standard InChI is InChI=1S/C18H22FNO/c1-12-9-13(2)17(16(10-12)21-4)18(3,20)11-14-5-7-15(19)8-6-14/h5-10H,11,20H2,1-4H3. The largest absolute Gasteiger partial charge is 0.496 e. The predicted octanol–water partition coefficient (Wildman–Crippen LogP) is 3.87. The van der Waals surface area contributed by atoms with Gasteiger partial charge in [-0.2, -0.15) is 0 Å². The molecule has 0 aliphatic heterocycles. The minimum Gasteiger partial charge on any atom is -0.496 e. The van der Waals surface area contributed by atoms with Crippen LogP contribution in [0.15, 0.2) is 36.4 Å². The van der Waals surface area contributed by atoms with E-state index in [0.29, 0.717) is 6.42 Å². The predicted molar refractivity (Wildman–Crippen MR) is 84.1 cm³/mol. The summed E-state index contributed by atoms with van der Waals surface area (Å²) in [7, 11) is 1.66. The zero-order chi connectivity index (χ0) is 15.6. The number of methoxy groups -OCH3 is 1. The summed E-state index contributed by atoms with van der Waals surface area (Å²) >= 11 is 0. The highest BCUT2D eigenvalue weighted by Crippen LogP contribution is 2.34. The summed E-state index contributed by atoms with van der Waals surface area (Å²) in [5.74, 6) is 0.571. The fraction of sp³-hybridized carbons (Fsp3) is 0.333. The smallest absolute Gasteiger partial charge is 0.124 e. The van der Waals surface area contributed by atoms with E-state index in [1.165, 1.54) is 12.1 Å². The van der Waals surface area contributed by atoms with E-state index < -0.39 is 5.54 Å². The topological polar surface area (TPSA) is 35.2 Å². The fourth-order valence-electron chi connectivity index (χ4n) is 2.94. The number of hydrogen-bond acceptors (Lipinski definition) is 2. The van der Waals surface area contributed by atoms with Crippen molar-refractivity contribution < 1.29 is 9.13 Å². The van der Waals surface area contributed by atoms with Crippen LogP contribution < -0.4 is 10.5 Å². The van der Waals surface area contributed by atoms with Crippen LogP contribution in [0.25, 0.3) is 0 Å². The van der Waals surface area contributed by atoms with Gasteiger partial charge in [0, 0.05) is 11.1 Å². The molecular weight excluding hydrogens is 265 g/mol. The monoisotopic (exact) mass is 287 g/mol. The van der Waals surface area contributed by atoms with Crippen LogP contribution in [-0.4, -0.2) is 7.11 Å². The molecule has 0 fully saturated rings. The molecule has 0 heterocycles. The number of halogens is 1. The number of aryl methyl sites for hydroxylation is 2. The third-order valence-electron chi connectivity index (χ3n) is 3.72. The van der Waals surface area contributed by atoms with Crippen molar-refractivity contribution in [1.82, 2.24) is 0 Å². The van der Waals surface area contributed by atoms with Crippen LogP contribution in [0.4, 0.5) is 4.39 Å². The Labute approximate surface area is 125 Å². The molecule has 3 heteroatoms. The van der Waals surface area contributed by atoms with Crippen molar-refractivity contribution in [2.75, 3.05) is 7.11 Å². The van der Waals surface area contributed by atoms with Crippen molar-refractivity contribution >= 4 is 0 Å². The van der Waals surface area contributed by atoms with Crippen LogP contribution in [0, 0.1) is 19.7 Å². The van der Waals surface area contributed by atoms with Crippen LogP contribution in [-0.2, 0) is 12.0 Å². The van der Waals surface area contributed by atoms with Gasteiger partial charge in [0.1, 0.15) is 11.6 Å². The highest BCUT2D eigenvalue weighted by Gasteiger charge is 2.27. The maximum Gasteiger partial charge on any atom is 0.124 e. The Bertz CT molecular complexity index is 632. The summed E-state index contributed by atoms with van der Waals surface area (Å²) < 4.78 is 18.5. The molecule has 0 radical (unpaired) electrons. The normalized spacial score (nSPS) is 13.8. The lowest BCUT2D eigenvalue weighted by atomic mass is 9.83. The van der Waals surface area contributed by atoms with Crippen molar-refractivity contribution in [3.8, 4) is 5.75 Å². The van der Waals surface area contributed by atoms with Crippen molar-refractivity contribution in [2.45, 2.75) is 32.7 Å². The summed E-state index contributed by atoms with van der Waals surface area (Å²) in [5, 5.41) is 0. The molecule has 0 bridgehead atoms. The third kappa shape index (κ3) is 3.42. The number of nitrogens with two attached hydrogens (primary N) is 1. The number of hydrogen-bond donors (Lipinski definition) is 1. The Balaban J connectivity index is 2.41. The molecular formula is C18H22FNO. The molecule has 1 atom stereocenters. The average molecular weight is 287 g/mol. The van der Waals surface area contributed by atoms with Gasteiger partial charge in [-0.25, -0.2) is 4.39 Å². The summed E-state index contributed by atoms with van der Waals surface area (Å²) in [6.45, 7) is 6.06. The lowest BCUT2D eigenvalue weighted by Gasteiger charge is -2.29. The number of benzene rings is 2. The molecule has 2 aromatic rings. The summed E-state index contributed by atoms with van der Waals surface area (Å²) in [6.07, 6.45) is 0.619. The molecule has 2 rings (SSSR count). The van der Waals surface area contributed by atoms with E-state index in [1.807, 2.05) is 26.8 Å². The lowest BCUT2D eigenvalue weighted by molar-refractivity contribution is 0.384. The first-order valence-electron chi connectivity index (χ1n) is 7.02. The van der Waals surface area contributed by atoms with Crippen LogP contribution in [0.3, 0.4) is 0 Å². The van der Waals surface area contributed by atoms with E-state index in [1.54, 1.807) is 19.2 Å². The van der Waals surface area contributed by atoms with Crippen LogP contribution in [0.5, 0.6) is 5.75 Å². The average Bonchev–Trinajstić information content (AvgIpc) is 2.39. The molecule has 0 amide bonds. The molecule has 21 heavy (non-hydrogen) atoms. The molecule has 0 spiro atoms. The second kappa shape index (κ2) is 5.86. The molecule has 0 aromatic heterocycles. The van der Waals surface area contributed by atoms with Gasteiger partial charge in [0.25, 0.3) is 0 Å². The molecule has 0 aliphatic rings. The van der Waals surface area contributed by atoms with Gasteiger partial charge >= 0.3 is 0 Å². The van der Waals surface area contributed by atoms with Crippen LogP contribution >= 0.6 is 0 Å². The highest BCUT2D eigenvalue weighted by molar-refractivity contribution is 5.47. The molecule has 0 saturated carbocycles. The Morgan fingerprint density at radius 2 is 1.76 bits per heavy atom. The SMILES string of the molecule is COc1cc(C)cc(C)c1C(C)(N)Cc1ccc(F)cc1. The van der Waals surface area contributed by atoms with Gasteiger partial charge in [0.15, 0.2) is 0 Å². The van der Waals surface area contributed by atoms with Crippen molar-refractivity contribution in [1.29, 1.82) is 0 Å². The van der Waals surface area contributed by atoms with Crippen molar-refractivity contribution in [3.05, 3.63) is 64.5 Å². The first-order chi connectivity index (χ1) is 9.83. The van der Waals surface area contributed by atoms with E-state index in [4.69, 9.17) is 10.5 Å². The molecule has 0 aliphatic carbocycles. The highest BCUT2D eigenvalue weighted by atomic mass is 19.1. The van der Waals surface area contributed by atoms with E-state index in [9.17, 15) is 4.39 Å². The van der Waals surface area contributed by atoms with Crippen molar-refractivity contribution in [2.24, 2.45) is 5.73 Å². The van der Waals surface area contributed by atoms with E-state index in [0.717, 1.165) is 28.0 Å². The van der Waals surface area contributed by atoms with Gasteiger partial charge in [-0.1, -0.05) is 18.2 Å². The molecule has 1 unspecified atom stereocenters. The van der Waals surface area contributed by atoms with Gasteiger partial charge < -0.3 is 10.5 Å². The summed E-state index contributed by atoms with van der Waals surface area (Å²) in [4.78, 5) is 0. The second-order valence-corrected chi connectivity index (χ2v) is 5.88. The maximum atomic E-state index is 13.0. The second-order valence-electron chi connectivity index (χ2n) is 5.88. The quantitative estimate of drug-likeness (QED) is 0.926. The van der Waals surface area contributed by atoms with Gasteiger partial charge in [0.2, 0.25) is 0 Å². The first-order valence-corrected chi connectivity index (χ1v) is 7.02.